The summed E-state index contributed by atoms with van der Waals surface area (Å²) in [6.45, 7) is 3.62. The predicted molar refractivity (Wildman–Crippen MR) is 56.6 cm³/mol. The van der Waals surface area contributed by atoms with Crippen LogP contribution in [0.25, 0.3) is 0 Å². The minimum Gasteiger partial charge on any atom is -0.392 e. The lowest BCUT2D eigenvalue weighted by Gasteiger charge is -2.13. The number of aliphatic hydroxyl groups is 1. The van der Waals surface area contributed by atoms with Gasteiger partial charge in [0.1, 0.15) is 5.03 Å². The molecule has 0 amide bonds. The number of carbonyl (C=O) groups is 1. The Bertz CT molecular complexity index is 315. The first kappa shape index (κ1) is 11.2. The third-order valence-electron chi connectivity index (χ3n) is 1.90. The van der Waals surface area contributed by atoms with E-state index in [9.17, 15) is 9.90 Å². The van der Waals surface area contributed by atoms with Gasteiger partial charge in [-0.2, -0.15) is 0 Å². The highest BCUT2D eigenvalue weighted by atomic mass is 32.2. The van der Waals surface area contributed by atoms with Crippen molar-refractivity contribution in [2.45, 2.75) is 30.2 Å². The number of hydrogen-bond acceptors (Lipinski definition) is 4. The summed E-state index contributed by atoms with van der Waals surface area (Å²) in [4.78, 5) is 14.8. The summed E-state index contributed by atoms with van der Waals surface area (Å²) >= 11 is 1.41. The molecule has 0 spiro atoms. The highest BCUT2D eigenvalue weighted by molar-refractivity contribution is 8.00. The molecule has 0 saturated heterocycles. The van der Waals surface area contributed by atoms with E-state index in [1.807, 2.05) is 6.92 Å². The van der Waals surface area contributed by atoms with Crippen LogP contribution < -0.4 is 0 Å². The summed E-state index contributed by atoms with van der Waals surface area (Å²) in [6, 6.07) is 3.44. The van der Waals surface area contributed by atoms with Crippen LogP contribution in [-0.2, 0) is 0 Å². The lowest BCUT2D eigenvalue weighted by Crippen LogP contribution is -2.15. The second-order valence-electron chi connectivity index (χ2n) is 3.08. The van der Waals surface area contributed by atoms with E-state index in [0.717, 1.165) is 6.29 Å². The van der Waals surface area contributed by atoms with Crippen LogP contribution in [0.5, 0.6) is 0 Å². The first-order valence-electron chi connectivity index (χ1n) is 4.40. The fourth-order valence-electron chi connectivity index (χ4n) is 0.866. The second kappa shape index (κ2) is 5.12. The van der Waals surface area contributed by atoms with Gasteiger partial charge in [-0.15, -0.1) is 0 Å². The predicted octanol–water partition coefficient (Wildman–Crippen LogP) is 1.76. The molecule has 0 aliphatic heterocycles. The Kier molecular flexibility index (Phi) is 4.10. The number of pyridine rings is 1. The average Bonchev–Trinajstić information content (AvgIpc) is 2.18. The first-order valence-corrected chi connectivity index (χ1v) is 5.28. The van der Waals surface area contributed by atoms with Gasteiger partial charge in [-0.1, -0.05) is 18.7 Å². The Morgan fingerprint density at radius 2 is 2.29 bits per heavy atom. The van der Waals surface area contributed by atoms with Crippen molar-refractivity contribution >= 4 is 18.0 Å². The molecule has 0 saturated carbocycles. The molecule has 0 aromatic carbocycles. The van der Waals surface area contributed by atoms with Crippen molar-refractivity contribution in [3.05, 3.63) is 23.9 Å². The molecule has 3 nitrogen and oxygen atoms in total. The zero-order valence-corrected chi connectivity index (χ0v) is 8.99. The zero-order chi connectivity index (χ0) is 10.6. The lowest BCUT2D eigenvalue weighted by molar-refractivity contribution is 0.112. The smallest absolute Gasteiger partial charge is 0.152 e. The van der Waals surface area contributed by atoms with E-state index >= 15 is 0 Å². The molecule has 0 aliphatic rings. The van der Waals surface area contributed by atoms with E-state index < -0.39 is 6.10 Å². The summed E-state index contributed by atoms with van der Waals surface area (Å²) in [5.74, 6) is 0. The quantitative estimate of drug-likeness (QED) is 0.609. The van der Waals surface area contributed by atoms with Crippen LogP contribution in [0, 0.1) is 0 Å². The number of aldehydes is 1. The normalized spacial score (nSPS) is 14.8. The maximum Gasteiger partial charge on any atom is 0.152 e. The molecule has 1 N–H and O–H groups in total. The third kappa shape index (κ3) is 2.82. The van der Waals surface area contributed by atoms with Gasteiger partial charge in [0.2, 0.25) is 0 Å². The van der Waals surface area contributed by atoms with Gasteiger partial charge in [-0.25, -0.2) is 4.98 Å². The van der Waals surface area contributed by atoms with Gasteiger partial charge in [-0.3, -0.25) is 4.79 Å². The molecule has 1 aromatic rings. The molecule has 0 aliphatic carbocycles. The standard InChI is InChI=1S/C10H13NO2S/c1-7(13)8(2)14-10-9(6-12)4-3-5-11-10/h3-8,13H,1-2H3. The number of aliphatic hydroxyl groups excluding tert-OH is 1. The fraction of sp³-hybridized carbons (Fsp3) is 0.400. The molecular weight excluding hydrogens is 198 g/mol. The largest absolute Gasteiger partial charge is 0.392 e. The maximum absolute atomic E-state index is 10.7. The number of thioether (sulfide) groups is 1. The van der Waals surface area contributed by atoms with Crippen LogP contribution in [0.4, 0.5) is 0 Å². The van der Waals surface area contributed by atoms with Crippen molar-refractivity contribution < 1.29 is 9.90 Å². The monoisotopic (exact) mass is 211 g/mol. The van der Waals surface area contributed by atoms with E-state index in [2.05, 4.69) is 4.98 Å². The van der Waals surface area contributed by atoms with Crippen LogP contribution in [0.15, 0.2) is 23.4 Å². The molecular formula is C10H13NO2S. The van der Waals surface area contributed by atoms with Crippen LogP contribution in [0.1, 0.15) is 24.2 Å². The van der Waals surface area contributed by atoms with Crippen LogP contribution in [-0.4, -0.2) is 27.7 Å². The SMILES string of the molecule is CC(O)C(C)Sc1ncccc1C=O. The molecule has 1 aromatic heterocycles. The summed E-state index contributed by atoms with van der Waals surface area (Å²) in [5.41, 5.74) is 0.574. The van der Waals surface area contributed by atoms with Gasteiger partial charge < -0.3 is 5.11 Å². The van der Waals surface area contributed by atoms with Crippen LogP contribution in [0.2, 0.25) is 0 Å². The molecule has 0 radical (unpaired) electrons. The van der Waals surface area contributed by atoms with Crippen molar-refractivity contribution in [1.29, 1.82) is 0 Å². The Labute approximate surface area is 87.6 Å². The summed E-state index contributed by atoms with van der Waals surface area (Å²) in [6.07, 6.45) is 2.01. The Morgan fingerprint density at radius 3 is 2.86 bits per heavy atom. The molecule has 14 heavy (non-hydrogen) atoms. The maximum atomic E-state index is 10.7. The minimum absolute atomic E-state index is 0.0311. The topological polar surface area (TPSA) is 50.2 Å². The van der Waals surface area contributed by atoms with Gasteiger partial charge >= 0.3 is 0 Å². The van der Waals surface area contributed by atoms with E-state index in [-0.39, 0.29) is 5.25 Å². The van der Waals surface area contributed by atoms with Gasteiger partial charge in [0.15, 0.2) is 6.29 Å². The van der Waals surface area contributed by atoms with Crippen LogP contribution >= 0.6 is 11.8 Å². The van der Waals surface area contributed by atoms with E-state index in [4.69, 9.17) is 0 Å². The van der Waals surface area contributed by atoms with Crippen LogP contribution in [0.3, 0.4) is 0 Å². The first-order chi connectivity index (χ1) is 6.65. The van der Waals surface area contributed by atoms with Gasteiger partial charge in [0.25, 0.3) is 0 Å². The molecule has 76 valence electrons. The zero-order valence-electron chi connectivity index (χ0n) is 8.18. The Morgan fingerprint density at radius 1 is 1.57 bits per heavy atom. The van der Waals surface area contributed by atoms with Gasteiger partial charge in [0, 0.05) is 17.0 Å². The number of nitrogens with zero attached hydrogens (tertiary/aromatic N) is 1. The van der Waals surface area contributed by atoms with E-state index in [1.54, 1.807) is 25.3 Å². The molecule has 1 rings (SSSR count). The minimum atomic E-state index is -0.415. The fourth-order valence-corrected chi connectivity index (χ4v) is 1.79. The van der Waals surface area contributed by atoms with Gasteiger partial charge in [-0.05, 0) is 19.1 Å². The number of aromatic nitrogens is 1. The van der Waals surface area contributed by atoms with Crippen molar-refractivity contribution in [2.24, 2.45) is 0 Å². The third-order valence-corrected chi connectivity index (χ3v) is 3.23. The highest BCUT2D eigenvalue weighted by Gasteiger charge is 2.13. The van der Waals surface area contributed by atoms with Crippen molar-refractivity contribution in [2.75, 3.05) is 0 Å². The summed E-state index contributed by atoms with van der Waals surface area (Å²) in [7, 11) is 0. The number of rotatable bonds is 4. The molecule has 0 fully saturated rings. The molecule has 4 heteroatoms. The van der Waals surface area contributed by atoms with E-state index in [1.165, 1.54) is 11.8 Å². The average molecular weight is 211 g/mol. The molecule has 2 atom stereocenters. The molecule has 2 unspecified atom stereocenters. The van der Waals surface area contributed by atoms with Crippen molar-refractivity contribution in [3.63, 3.8) is 0 Å². The number of hydrogen-bond donors (Lipinski definition) is 1. The van der Waals surface area contributed by atoms with Crippen molar-refractivity contribution in [1.82, 2.24) is 4.98 Å². The molecule has 1 heterocycles. The second-order valence-corrected chi connectivity index (χ2v) is 4.45. The highest BCUT2D eigenvalue weighted by Crippen LogP contribution is 2.25. The summed E-state index contributed by atoms with van der Waals surface area (Å²) in [5, 5.41) is 10.0. The van der Waals surface area contributed by atoms with Gasteiger partial charge in [0.05, 0.1) is 6.10 Å². The number of carbonyl (C=O) groups excluding carboxylic acids is 1. The summed E-state index contributed by atoms with van der Waals surface area (Å²) < 4.78 is 0. The Balaban J connectivity index is 2.80. The van der Waals surface area contributed by atoms with Crippen molar-refractivity contribution in [3.8, 4) is 0 Å². The Hall–Kier alpha value is -0.870. The molecule has 0 bridgehead atoms. The lowest BCUT2D eigenvalue weighted by atomic mass is 10.3. The van der Waals surface area contributed by atoms with E-state index in [0.29, 0.717) is 10.6 Å².